The van der Waals surface area contributed by atoms with E-state index in [1.54, 1.807) is 66.7 Å². The molecule has 0 aliphatic carbocycles. The van der Waals surface area contributed by atoms with Gasteiger partial charge < -0.3 is 10.1 Å². The summed E-state index contributed by atoms with van der Waals surface area (Å²) in [5.74, 6) is 0.128. The summed E-state index contributed by atoms with van der Waals surface area (Å²) >= 11 is 0. The number of benzene rings is 3. The third-order valence-corrected chi connectivity index (χ3v) is 10.6. The maximum Gasteiger partial charge on any atom is 0.255 e. The highest BCUT2D eigenvalue weighted by atomic mass is 32.2. The molecule has 5 nitrogen and oxygen atoms in total. The van der Waals surface area contributed by atoms with Crippen molar-refractivity contribution >= 4 is 199 Å². The first-order chi connectivity index (χ1) is 24.3. The summed E-state index contributed by atoms with van der Waals surface area (Å²) in [6, 6.07) is 19.6. The van der Waals surface area contributed by atoms with Crippen LogP contribution in [0.2, 0.25) is 0 Å². The van der Waals surface area contributed by atoms with Gasteiger partial charge in [0.25, 0.3) is 5.91 Å². The number of hydrogen-bond donors (Lipinski definition) is 1. The number of methoxy groups -OCH3 is 1. The van der Waals surface area contributed by atoms with Gasteiger partial charge in [-0.2, -0.15) is 0 Å². The van der Waals surface area contributed by atoms with Crippen LogP contribution in [-0.2, 0) is 9.84 Å². The second-order valence-corrected chi connectivity index (χ2v) is 14.5. The van der Waals surface area contributed by atoms with E-state index in [0.717, 1.165) is 5.56 Å². The fourth-order valence-corrected chi connectivity index (χ4v) is 7.61. The van der Waals surface area contributed by atoms with Crippen LogP contribution in [0.3, 0.4) is 0 Å². The number of carbonyl (C=O) groups excluding carboxylic acids is 1. The predicted molar refractivity (Wildman–Crippen MR) is 248 cm³/mol. The summed E-state index contributed by atoms with van der Waals surface area (Å²) in [6.07, 6.45) is -9.19. The maximum absolute atomic E-state index is 13.0. The van der Waals surface area contributed by atoms with Gasteiger partial charge in [0.15, 0.2) is 0 Å². The number of aryl methyl sites for hydroxylation is 1. The molecular formula is C21H19B25NO4S. The smallest absolute Gasteiger partial charge is 0.255 e. The fourth-order valence-electron chi connectivity index (χ4n) is 6.20. The van der Waals surface area contributed by atoms with Crippen molar-refractivity contribution < 1.29 is 17.9 Å². The molecule has 213 valence electrons. The quantitative estimate of drug-likeness (QED) is 0.157. The monoisotopic (exact) mass is 656 g/mol. The number of ether oxygens (including phenoxy) is 1. The normalized spacial score (nSPS) is 10.2. The molecule has 0 fully saturated rings. The zero-order valence-electron chi connectivity index (χ0n) is 29.4. The molecule has 1 N–H and O–H groups in total. The lowest BCUT2D eigenvalue weighted by atomic mass is 8.35. The Morgan fingerprint density at radius 3 is 1.60 bits per heavy atom. The van der Waals surface area contributed by atoms with E-state index < -0.39 is 86.0 Å². The highest BCUT2D eigenvalue weighted by Gasteiger charge is 2.48. The van der Waals surface area contributed by atoms with E-state index in [9.17, 15) is 13.2 Å². The number of para-hydroxylation sites is 1. The van der Waals surface area contributed by atoms with Gasteiger partial charge in [-0.25, -0.2) is 8.42 Å². The zero-order valence-corrected chi connectivity index (χ0v) is 30.2. The summed E-state index contributed by atoms with van der Waals surface area (Å²) < 4.78 is 31.2. The number of nitrogens with one attached hydrogen (secondary N) is 1. The summed E-state index contributed by atoms with van der Waals surface area (Å²) in [7, 11) is 75.6. The molecule has 3 rings (SSSR count). The minimum Gasteiger partial charge on any atom is -0.497 e. The van der Waals surface area contributed by atoms with Crippen LogP contribution in [0.4, 0.5) is 5.69 Å². The second kappa shape index (κ2) is 21.6. The highest BCUT2D eigenvalue weighted by Crippen LogP contribution is 2.28. The molecule has 0 atom stereocenters. The van der Waals surface area contributed by atoms with Crippen molar-refractivity contribution in [1.29, 1.82) is 0 Å². The van der Waals surface area contributed by atoms with Crippen LogP contribution in [0.1, 0.15) is 15.9 Å². The van der Waals surface area contributed by atoms with Crippen molar-refractivity contribution in [2.45, 2.75) is 16.7 Å². The molecule has 52 heavy (non-hydrogen) atoms. The first-order valence-electron chi connectivity index (χ1n) is 16.3. The molecule has 0 spiro atoms. The Kier molecular flexibility index (Phi) is 19.3. The van der Waals surface area contributed by atoms with Gasteiger partial charge >= 0.3 is 0 Å². The van der Waals surface area contributed by atoms with Crippen LogP contribution in [0.25, 0.3) is 0 Å². The van der Waals surface area contributed by atoms with Gasteiger partial charge in [-0.15, -0.1) is 0 Å². The molecule has 0 aliphatic heterocycles. The first-order valence-corrected chi connectivity index (χ1v) is 17.8. The molecule has 0 bridgehead atoms. The first kappa shape index (κ1) is 46.7. The number of sulfone groups is 1. The highest BCUT2D eigenvalue weighted by molar-refractivity contribution is 8.24. The third kappa shape index (κ3) is 12.5. The number of rotatable bonds is 16. The second-order valence-electron chi connectivity index (χ2n) is 12.5. The molecule has 0 heterocycles. The molecule has 0 aromatic heterocycles. The summed E-state index contributed by atoms with van der Waals surface area (Å²) in [6.45, 7) is 1.89. The van der Waals surface area contributed by atoms with Crippen LogP contribution in [0.15, 0.2) is 82.6 Å². The Balaban J connectivity index is 0.000000362. The molecule has 31 heteroatoms. The topological polar surface area (TPSA) is 72.5 Å². The molecular weight excluding hydrogens is 633 g/mol. The van der Waals surface area contributed by atoms with E-state index in [0.29, 0.717) is 11.3 Å². The van der Waals surface area contributed by atoms with Gasteiger partial charge in [-0.1, -0.05) is 35.9 Å². The molecule has 0 saturated heterocycles. The molecule has 0 saturated carbocycles. The van der Waals surface area contributed by atoms with Crippen molar-refractivity contribution in [3.63, 3.8) is 0 Å². The predicted octanol–water partition coefficient (Wildman–Crippen LogP) is -5.43. The molecule has 0 aliphatic rings. The van der Waals surface area contributed by atoms with E-state index in [1.165, 1.54) is 20.2 Å². The Bertz CT molecular complexity index is 1630. The van der Waals surface area contributed by atoms with Crippen LogP contribution in [-0.4, -0.2) is 199 Å². The third-order valence-electron chi connectivity index (χ3n) is 8.75. The van der Waals surface area contributed by atoms with Gasteiger partial charge in [0.05, 0.1) is 22.6 Å². The van der Waals surface area contributed by atoms with Gasteiger partial charge in [0.2, 0.25) is 9.84 Å². The van der Waals surface area contributed by atoms with E-state index in [-0.39, 0.29) is 15.5 Å². The number of amides is 1. The number of carbonyl (C=O) groups is 1. The van der Waals surface area contributed by atoms with Gasteiger partial charge in [-0.05, 0) is 49.4 Å². The largest absolute Gasteiger partial charge is 0.497 e. The average Bonchev–Trinajstić information content (AvgIpc) is 3.06. The molecule has 3 aromatic rings. The van der Waals surface area contributed by atoms with Crippen molar-refractivity contribution in [3.05, 3.63) is 83.9 Å². The Labute approximate surface area is 334 Å². The zero-order chi connectivity index (χ0) is 39.5. The fraction of sp³-hybridized carbons (Fsp3) is 0.0952. The van der Waals surface area contributed by atoms with Crippen LogP contribution in [0.5, 0.6) is 5.75 Å². The van der Waals surface area contributed by atoms with Crippen LogP contribution >= 0.6 is 0 Å². The lowest BCUT2D eigenvalue weighted by Gasteiger charge is -2.47. The molecule has 27 radical (unpaired) electrons. The summed E-state index contributed by atoms with van der Waals surface area (Å²) in [5, 5.41) is 2.69. The van der Waals surface area contributed by atoms with Crippen LogP contribution in [0, 0.1) is 6.92 Å². The standard InChI is InChI=1S/C21H19NO4S.B25/c1-15-10-12-18(13-11-15)27(24,25)20-9-4-3-8-19(20)22-21(23)16-6-5-7-17(14-16)26-2;1-14-21(15(2)3)24(20(12)13)25(22(16(4)5)17(6)7)23(18(8)9)19(10)11/h3-14H,1-2H3,(H,22,23);. The number of hydrogen-bond acceptors (Lipinski definition) is 4. The van der Waals surface area contributed by atoms with Crippen LogP contribution < -0.4 is 10.1 Å². The Hall–Kier alpha value is -1.50. The lowest BCUT2D eigenvalue weighted by molar-refractivity contribution is 0.102. The number of anilines is 1. The minimum atomic E-state index is -3.77. The summed E-state index contributed by atoms with van der Waals surface area (Å²) in [4.78, 5) is 12.8. The molecule has 3 aromatic carbocycles. The Morgan fingerprint density at radius 1 is 0.654 bits per heavy atom. The maximum atomic E-state index is 13.0. The summed E-state index contributed by atoms with van der Waals surface area (Å²) in [5.41, 5.74) is 1.57. The van der Waals surface area contributed by atoms with Gasteiger partial charge in [-0.3, -0.25) is 4.79 Å². The van der Waals surface area contributed by atoms with E-state index >= 15 is 0 Å². The Morgan fingerprint density at radius 2 is 1.15 bits per heavy atom. The van der Waals surface area contributed by atoms with Crippen molar-refractivity contribution in [3.8, 4) is 5.75 Å². The SMILES string of the molecule is COc1cccc(C(=O)Nc2ccccc2S(=O)(=O)c2ccc(C)cc2)c1.[B][B]B(B([B])[B])B(B([B])[B])B(B(B([B])[B])B([B])[B])B(B([B])[B])B([B])[B]. The van der Waals surface area contributed by atoms with Crippen molar-refractivity contribution in [1.82, 2.24) is 0 Å². The van der Waals surface area contributed by atoms with Crippen molar-refractivity contribution in [2.24, 2.45) is 0 Å². The van der Waals surface area contributed by atoms with Gasteiger partial charge in [0.1, 0.15) is 5.75 Å². The molecule has 0 unspecified atom stereocenters. The lowest BCUT2D eigenvalue weighted by Crippen LogP contribution is -2.85. The average molecular weight is 652 g/mol. The van der Waals surface area contributed by atoms with E-state index in [1.807, 2.05) is 6.92 Å². The minimum absolute atomic E-state index is 0.0464. The van der Waals surface area contributed by atoms with Crippen molar-refractivity contribution in [2.75, 3.05) is 12.4 Å². The van der Waals surface area contributed by atoms with E-state index in [2.05, 4.69) is 5.32 Å². The molecule has 1 amide bonds. The van der Waals surface area contributed by atoms with E-state index in [4.69, 9.17) is 105 Å². The van der Waals surface area contributed by atoms with Gasteiger partial charge in [0, 0.05) is 183 Å².